The van der Waals surface area contributed by atoms with E-state index in [2.05, 4.69) is 10.3 Å². The average molecular weight is 316 g/mol. The molecule has 0 aliphatic carbocycles. The van der Waals surface area contributed by atoms with Crippen molar-refractivity contribution in [3.05, 3.63) is 59.0 Å². The summed E-state index contributed by atoms with van der Waals surface area (Å²) in [6.45, 7) is 1.87. The van der Waals surface area contributed by atoms with Crippen LogP contribution in [0.4, 0.5) is 5.69 Å². The van der Waals surface area contributed by atoms with Crippen molar-refractivity contribution in [3.63, 3.8) is 0 Å². The van der Waals surface area contributed by atoms with Gasteiger partial charge in [-0.3, -0.25) is 4.79 Å². The Labute approximate surface area is 132 Å². The number of fused-ring (bicyclic) bond motifs is 1. The second-order valence-electron chi connectivity index (χ2n) is 5.09. The zero-order chi connectivity index (χ0) is 15.7. The Bertz CT molecular complexity index is 858. The molecule has 0 bridgehead atoms. The van der Waals surface area contributed by atoms with Crippen molar-refractivity contribution in [2.75, 3.05) is 5.32 Å². The number of nitrogens with one attached hydrogen (secondary N) is 1. The maximum absolute atomic E-state index is 12.1. The Morgan fingerprint density at radius 2 is 2.14 bits per heavy atom. The van der Waals surface area contributed by atoms with Crippen molar-refractivity contribution in [2.24, 2.45) is 0 Å². The molecule has 3 aromatic rings. The molecule has 0 radical (unpaired) electrons. The van der Waals surface area contributed by atoms with Gasteiger partial charge in [0, 0.05) is 12.4 Å². The van der Waals surface area contributed by atoms with Crippen LogP contribution >= 0.6 is 11.6 Å². The van der Waals surface area contributed by atoms with Crippen molar-refractivity contribution in [1.29, 1.82) is 0 Å². The molecule has 112 valence electrons. The molecule has 3 rings (SSSR count). The number of aromatic hydroxyl groups is 1. The van der Waals surface area contributed by atoms with Gasteiger partial charge < -0.3 is 14.8 Å². The predicted molar refractivity (Wildman–Crippen MR) is 85.4 cm³/mol. The summed E-state index contributed by atoms with van der Waals surface area (Å²) in [7, 11) is 0. The van der Waals surface area contributed by atoms with Gasteiger partial charge in [0.25, 0.3) is 0 Å². The van der Waals surface area contributed by atoms with Gasteiger partial charge in [0.15, 0.2) is 0 Å². The molecule has 2 N–H and O–H groups in total. The quantitative estimate of drug-likeness (QED) is 0.729. The number of hydrogen-bond acceptors (Lipinski definition) is 3. The minimum atomic E-state index is -0.242. The molecule has 0 spiro atoms. The molecule has 1 aromatic carbocycles. The fraction of sp³-hybridized carbons (Fsp3) is 0.125. The number of amides is 1. The van der Waals surface area contributed by atoms with Crippen LogP contribution in [-0.2, 0) is 11.2 Å². The minimum Gasteiger partial charge on any atom is -0.506 e. The van der Waals surface area contributed by atoms with Gasteiger partial charge in [-0.2, -0.15) is 0 Å². The highest BCUT2D eigenvalue weighted by atomic mass is 35.5. The summed E-state index contributed by atoms with van der Waals surface area (Å²) in [5.41, 5.74) is 2.67. The molecule has 0 aliphatic heterocycles. The highest BCUT2D eigenvalue weighted by molar-refractivity contribution is 6.30. The monoisotopic (exact) mass is 315 g/mol. The van der Waals surface area contributed by atoms with E-state index in [-0.39, 0.29) is 18.1 Å². The lowest BCUT2D eigenvalue weighted by atomic mass is 10.2. The van der Waals surface area contributed by atoms with Crippen LogP contribution in [0.5, 0.6) is 5.75 Å². The van der Waals surface area contributed by atoms with Crippen LogP contribution < -0.4 is 5.32 Å². The number of phenols is 1. The van der Waals surface area contributed by atoms with Gasteiger partial charge in [0.1, 0.15) is 11.4 Å². The van der Waals surface area contributed by atoms with Crippen molar-refractivity contribution < 1.29 is 9.90 Å². The zero-order valence-corrected chi connectivity index (χ0v) is 12.6. The van der Waals surface area contributed by atoms with Crippen molar-refractivity contribution >= 4 is 28.8 Å². The number of aryl methyl sites for hydroxylation is 1. The molecule has 6 heteroatoms. The average Bonchev–Trinajstić information content (AvgIpc) is 2.83. The molecule has 2 aromatic heterocycles. The van der Waals surface area contributed by atoms with E-state index in [0.717, 1.165) is 11.2 Å². The summed E-state index contributed by atoms with van der Waals surface area (Å²) in [6, 6.07) is 8.63. The van der Waals surface area contributed by atoms with Gasteiger partial charge in [0.2, 0.25) is 5.91 Å². The number of hydrogen-bond donors (Lipinski definition) is 2. The summed E-state index contributed by atoms with van der Waals surface area (Å²) in [5, 5.41) is 13.1. The number of pyridine rings is 1. The first kappa shape index (κ1) is 14.4. The number of rotatable bonds is 3. The third-order valence-corrected chi connectivity index (χ3v) is 3.46. The highest BCUT2D eigenvalue weighted by Gasteiger charge is 2.10. The Hall–Kier alpha value is -2.53. The van der Waals surface area contributed by atoms with E-state index in [0.29, 0.717) is 16.4 Å². The molecular weight excluding hydrogens is 302 g/mol. The number of carbonyl (C=O) groups excluding carboxylic acids is 1. The molecule has 0 aliphatic rings. The Morgan fingerprint density at radius 1 is 1.32 bits per heavy atom. The van der Waals surface area contributed by atoms with Crippen LogP contribution in [0.3, 0.4) is 0 Å². The lowest BCUT2D eigenvalue weighted by Crippen LogP contribution is -2.14. The molecule has 0 unspecified atom stereocenters. The number of imidazole rings is 1. The van der Waals surface area contributed by atoms with Crippen LogP contribution in [0.1, 0.15) is 11.3 Å². The van der Waals surface area contributed by atoms with Crippen molar-refractivity contribution in [3.8, 4) is 5.75 Å². The number of phenolic OH excluding ortho intramolecular Hbond substituents is 1. The maximum Gasteiger partial charge on any atom is 0.230 e. The second-order valence-corrected chi connectivity index (χ2v) is 5.53. The molecule has 0 saturated carbocycles. The van der Waals surface area contributed by atoms with Crippen LogP contribution in [0.25, 0.3) is 5.65 Å². The Balaban J connectivity index is 1.75. The van der Waals surface area contributed by atoms with Gasteiger partial charge in [-0.1, -0.05) is 17.7 Å². The highest BCUT2D eigenvalue weighted by Crippen LogP contribution is 2.24. The summed E-state index contributed by atoms with van der Waals surface area (Å²) in [6.07, 6.45) is 3.61. The predicted octanol–water partition coefficient (Wildman–Crippen LogP) is 3.18. The zero-order valence-electron chi connectivity index (χ0n) is 11.9. The van der Waals surface area contributed by atoms with Crippen LogP contribution in [-0.4, -0.2) is 20.4 Å². The topological polar surface area (TPSA) is 66.6 Å². The largest absolute Gasteiger partial charge is 0.506 e. The van der Waals surface area contributed by atoms with E-state index in [1.165, 1.54) is 0 Å². The second kappa shape index (κ2) is 5.69. The van der Waals surface area contributed by atoms with Crippen molar-refractivity contribution in [2.45, 2.75) is 13.3 Å². The number of halogens is 1. The van der Waals surface area contributed by atoms with Gasteiger partial charge in [-0.15, -0.1) is 0 Å². The van der Waals surface area contributed by atoms with E-state index >= 15 is 0 Å². The van der Waals surface area contributed by atoms with Crippen LogP contribution in [0.2, 0.25) is 5.02 Å². The Kier molecular flexibility index (Phi) is 3.73. The number of carbonyl (C=O) groups is 1. The van der Waals surface area contributed by atoms with Crippen molar-refractivity contribution in [1.82, 2.24) is 9.38 Å². The number of anilines is 1. The summed E-state index contributed by atoms with van der Waals surface area (Å²) in [5.74, 6) is -0.191. The van der Waals surface area contributed by atoms with E-state index in [9.17, 15) is 9.90 Å². The summed E-state index contributed by atoms with van der Waals surface area (Å²) < 4.78 is 1.77. The number of aromatic nitrogens is 2. The molecule has 2 heterocycles. The number of nitrogens with zero attached hydrogens (tertiary/aromatic N) is 2. The normalized spacial score (nSPS) is 10.8. The SMILES string of the molecule is Cc1ccc(NC(=O)Cc2cn3cc(Cl)ccc3n2)c(O)c1. The summed E-state index contributed by atoms with van der Waals surface area (Å²) in [4.78, 5) is 16.4. The van der Waals surface area contributed by atoms with Crippen LogP contribution in [0, 0.1) is 6.92 Å². The minimum absolute atomic E-state index is 0.0510. The lowest BCUT2D eigenvalue weighted by molar-refractivity contribution is -0.115. The van der Waals surface area contributed by atoms with Gasteiger partial charge in [-0.25, -0.2) is 4.98 Å². The first-order chi connectivity index (χ1) is 10.5. The van der Waals surface area contributed by atoms with Gasteiger partial charge in [0.05, 0.1) is 22.8 Å². The van der Waals surface area contributed by atoms with E-state index in [1.54, 1.807) is 41.1 Å². The first-order valence-corrected chi connectivity index (χ1v) is 7.12. The third-order valence-electron chi connectivity index (χ3n) is 3.23. The van der Waals surface area contributed by atoms with Gasteiger partial charge >= 0.3 is 0 Å². The molecular formula is C16H14ClN3O2. The van der Waals surface area contributed by atoms with E-state index < -0.39 is 0 Å². The molecule has 1 amide bonds. The van der Waals surface area contributed by atoms with Gasteiger partial charge in [-0.05, 0) is 36.8 Å². The smallest absolute Gasteiger partial charge is 0.230 e. The standard InChI is InChI=1S/C16H14ClN3O2/c1-10-2-4-13(14(21)6-10)19-16(22)7-12-9-20-8-11(17)3-5-15(20)18-12/h2-6,8-9,21H,7H2,1H3,(H,19,22). The maximum atomic E-state index is 12.1. The lowest BCUT2D eigenvalue weighted by Gasteiger charge is -2.07. The summed E-state index contributed by atoms with van der Waals surface area (Å²) >= 11 is 5.92. The third kappa shape index (κ3) is 3.04. The molecule has 0 atom stereocenters. The van der Waals surface area contributed by atoms with E-state index in [1.807, 2.05) is 13.0 Å². The molecule has 0 fully saturated rings. The fourth-order valence-corrected chi connectivity index (χ4v) is 2.38. The van der Waals surface area contributed by atoms with E-state index in [4.69, 9.17) is 11.6 Å². The first-order valence-electron chi connectivity index (χ1n) is 6.74. The van der Waals surface area contributed by atoms with Crippen LogP contribution in [0.15, 0.2) is 42.7 Å². The molecule has 5 nitrogen and oxygen atoms in total. The number of benzene rings is 1. The fourth-order valence-electron chi connectivity index (χ4n) is 2.21. The molecule has 22 heavy (non-hydrogen) atoms. The molecule has 0 saturated heterocycles. The Morgan fingerprint density at radius 3 is 2.91 bits per heavy atom.